The van der Waals surface area contributed by atoms with Crippen molar-refractivity contribution in [2.45, 2.75) is 24.8 Å². The van der Waals surface area contributed by atoms with E-state index < -0.39 is 11.5 Å². The molecule has 15 heavy (non-hydrogen) atoms. The number of hydrogen-bond acceptors (Lipinski definition) is 2. The summed E-state index contributed by atoms with van der Waals surface area (Å²) in [7, 11) is 0. The quantitative estimate of drug-likeness (QED) is 0.816. The Labute approximate surface area is 96.4 Å². The molecule has 1 aliphatic carbocycles. The molecule has 0 saturated carbocycles. The van der Waals surface area contributed by atoms with Crippen LogP contribution in [0.2, 0.25) is 0 Å². The minimum atomic E-state index is -1.09. The number of fused-ring (bicyclic) bond motifs is 1. The summed E-state index contributed by atoms with van der Waals surface area (Å²) in [6.07, 6.45) is 1.63. The van der Waals surface area contributed by atoms with Crippen LogP contribution in [0.3, 0.4) is 0 Å². The second-order valence-electron chi connectivity index (χ2n) is 4.02. The van der Waals surface area contributed by atoms with Crippen LogP contribution in [0.4, 0.5) is 0 Å². The molecule has 0 radical (unpaired) electrons. The first-order valence-corrected chi connectivity index (χ1v) is 5.61. The normalized spacial score (nSPS) is 24.7. The lowest BCUT2D eigenvalue weighted by molar-refractivity contribution is -0.143. The topological polar surface area (TPSA) is 63.3 Å². The van der Waals surface area contributed by atoms with Crippen LogP contribution in [0.15, 0.2) is 22.7 Å². The number of halogens is 1. The van der Waals surface area contributed by atoms with Crippen molar-refractivity contribution < 1.29 is 9.90 Å². The van der Waals surface area contributed by atoms with Crippen molar-refractivity contribution in [2.75, 3.05) is 0 Å². The monoisotopic (exact) mass is 269 g/mol. The van der Waals surface area contributed by atoms with Crippen LogP contribution >= 0.6 is 15.9 Å². The molecule has 1 unspecified atom stereocenters. The Kier molecular flexibility index (Phi) is 2.56. The highest BCUT2D eigenvalue weighted by molar-refractivity contribution is 9.10. The van der Waals surface area contributed by atoms with Crippen molar-refractivity contribution in [1.82, 2.24) is 0 Å². The highest BCUT2D eigenvalue weighted by Gasteiger charge is 2.37. The van der Waals surface area contributed by atoms with Crippen molar-refractivity contribution in [3.8, 4) is 0 Å². The number of nitrogens with two attached hydrogens (primary N) is 1. The second-order valence-corrected chi connectivity index (χ2v) is 4.87. The Morgan fingerprint density at radius 2 is 2.27 bits per heavy atom. The predicted octanol–water partition coefficient (Wildman–Crippen LogP) is 1.72. The van der Waals surface area contributed by atoms with Gasteiger partial charge in [0.2, 0.25) is 0 Å². The van der Waals surface area contributed by atoms with E-state index in [1.807, 2.05) is 18.2 Å². The van der Waals surface area contributed by atoms with Crippen LogP contribution in [0, 0.1) is 0 Å². The van der Waals surface area contributed by atoms with Crippen LogP contribution in [0.25, 0.3) is 0 Å². The summed E-state index contributed by atoms with van der Waals surface area (Å²) in [5.41, 5.74) is 7.00. The van der Waals surface area contributed by atoms with Gasteiger partial charge in [-0.3, -0.25) is 4.79 Å². The van der Waals surface area contributed by atoms with Gasteiger partial charge in [0.15, 0.2) is 0 Å². The zero-order chi connectivity index (χ0) is 11.1. The molecular weight excluding hydrogens is 258 g/mol. The van der Waals surface area contributed by atoms with Gasteiger partial charge in [0.05, 0.1) is 0 Å². The molecule has 3 N–H and O–H groups in total. The molecule has 1 atom stereocenters. The summed E-state index contributed by atoms with van der Waals surface area (Å²) in [5.74, 6) is -0.909. The molecule has 0 aliphatic heterocycles. The number of aliphatic carboxylic acids is 1. The summed E-state index contributed by atoms with van der Waals surface area (Å²) < 4.78 is 1.05. The van der Waals surface area contributed by atoms with E-state index in [-0.39, 0.29) is 0 Å². The second kappa shape index (κ2) is 3.61. The molecular formula is C11H12BrNO2. The molecule has 0 aromatic heterocycles. The van der Waals surface area contributed by atoms with E-state index in [9.17, 15) is 4.79 Å². The average Bonchev–Trinajstić information content (AvgIpc) is 2.17. The van der Waals surface area contributed by atoms with Gasteiger partial charge in [0.1, 0.15) is 5.54 Å². The van der Waals surface area contributed by atoms with Crippen molar-refractivity contribution >= 4 is 21.9 Å². The summed E-state index contributed by atoms with van der Waals surface area (Å²) in [6.45, 7) is 0. The molecule has 1 aromatic rings. The fourth-order valence-electron chi connectivity index (χ4n) is 2.01. The van der Waals surface area contributed by atoms with Crippen molar-refractivity contribution in [2.24, 2.45) is 5.73 Å². The summed E-state index contributed by atoms with van der Waals surface area (Å²) >= 11 is 3.47. The summed E-state index contributed by atoms with van der Waals surface area (Å²) in [4.78, 5) is 11.0. The Bertz CT molecular complexity index is 419. The molecule has 0 spiro atoms. The minimum absolute atomic E-state index is 0.414. The van der Waals surface area contributed by atoms with Gasteiger partial charge in [-0.15, -0.1) is 0 Å². The van der Waals surface area contributed by atoms with E-state index in [1.54, 1.807) is 0 Å². The maximum Gasteiger partial charge on any atom is 0.324 e. The third kappa shape index (κ3) is 1.79. The SMILES string of the molecule is NC1(C(=O)O)CCc2c(Br)cccc2C1. The third-order valence-electron chi connectivity index (χ3n) is 2.97. The van der Waals surface area contributed by atoms with Crippen LogP contribution in [-0.2, 0) is 17.6 Å². The van der Waals surface area contributed by atoms with E-state index in [0.717, 1.165) is 16.5 Å². The first-order chi connectivity index (χ1) is 7.03. The van der Waals surface area contributed by atoms with E-state index in [1.165, 1.54) is 5.56 Å². The molecule has 80 valence electrons. The highest BCUT2D eigenvalue weighted by atomic mass is 79.9. The Hall–Kier alpha value is -0.870. The zero-order valence-corrected chi connectivity index (χ0v) is 9.75. The van der Waals surface area contributed by atoms with Gasteiger partial charge < -0.3 is 10.8 Å². The summed E-state index contributed by atoms with van der Waals surface area (Å²) in [6, 6.07) is 5.84. The van der Waals surface area contributed by atoms with Gasteiger partial charge >= 0.3 is 5.97 Å². The van der Waals surface area contributed by atoms with Gasteiger partial charge in [0.25, 0.3) is 0 Å². The standard InChI is InChI=1S/C11H12BrNO2/c12-9-3-1-2-7-6-11(13,10(14)15)5-4-8(7)9/h1-3H,4-6,13H2,(H,14,15). The van der Waals surface area contributed by atoms with Gasteiger partial charge in [-0.25, -0.2) is 0 Å². The highest BCUT2D eigenvalue weighted by Crippen LogP contribution is 2.31. The molecule has 0 heterocycles. The largest absolute Gasteiger partial charge is 0.480 e. The molecule has 4 heteroatoms. The third-order valence-corrected chi connectivity index (χ3v) is 3.71. The molecule has 2 rings (SSSR count). The smallest absolute Gasteiger partial charge is 0.324 e. The van der Waals surface area contributed by atoms with Gasteiger partial charge in [0, 0.05) is 10.9 Å². The van der Waals surface area contributed by atoms with E-state index in [2.05, 4.69) is 15.9 Å². The van der Waals surface area contributed by atoms with Crippen molar-refractivity contribution in [3.63, 3.8) is 0 Å². The Morgan fingerprint density at radius 3 is 2.93 bits per heavy atom. The Balaban J connectivity index is 2.39. The number of rotatable bonds is 1. The minimum Gasteiger partial charge on any atom is -0.480 e. The van der Waals surface area contributed by atoms with Crippen LogP contribution in [-0.4, -0.2) is 16.6 Å². The molecule has 1 aliphatic rings. The lowest BCUT2D eigenvalue weighted by atomic mass is 9.79. The number of benzene rings is 1. The molecule has 3 nitrogen and oxygen atoms in total. The first kappa shape index (κ1) is 10.6. The maximum atomic E-state index is 11.0. The van der Waals surface area contributed by atoms with Crippen LogP contribution in [0.1, 0.15) is 17.5 Å². The van der Waals surface area contributed by atoms with Crippen LogP contribution < -0.4 is 5.73 Å². The van der Waals surface area contributed by atoms with Gasteiger partial charge in [-0.05, 0) is 30.0 Å². The van der Waals surface area contributed by atoms with Gasteiger partial charge in [-0.2, -0.15) is 0 Å². The molecule has 1 aromatic carbocycles. The van der Waals surface area contributed by atoms with Crippen molar-refractivity contribution in [3.05, 3.63) is 33.8 Å². The van der Waals surface area contributed by atoms with E-state index >= 15 is 0 Å². The number of hydrogen-bond donors (Lipinski definition) is 2. The fourth-order valence-corrected chi connectivity index (χ4v) is 2.61. The Morgan fingerprint density at radius 1 is 1.53 bits per heavy atom. The lowest BCUT2D eigenvalue weighted by Gasteiger charge is -2.31. The first-order valence-electron chi connectivity index (χ1n) is 4.81. The van der Waals surface area contributed by atoms with Gasteiger partial charge in [-0.1, -0.05) is 28.1 Å². The van der Waals surface area contributed by atoms with Crippen molar-refractivity contribution in [1.29, 1.82) is 0 Å². The number of carboxylic acid groups (broad SMARTS) is 1. The molecule has 0 saturated heterocycles. The van der Waals surface area contributed by atoms with E-state index in [0.29, 0.717) is 12.8 Å². The molecule has 0 bridgehead atoms. The zero-order valence-electron chi connectivity index (χ0n) is 8.16. The van der Waals surface area contributed by atoms with E-state index in [4.69, 9.17) is 10.8 Å². The average molecular weight is 270 g/mol. The van der Waals surface area contributed by atoms with Crippen LogP contribution in [0.5, 0.6) is 0 Å². The molecule has 0 amide bonds. The lowest BCUT2D eigenvalue weighted by Crippen LogP contribution is -2.52. The molecule has 0 fully saturated rings. The predicted molar refractivity (Wildman–Crippen MR) is 60.7 cm³/mol. The fraction of sp³-hybridized carbons (Fsp3) is 0.364. The maximum absolute atomic E-state index is 11.0. The summed E-state index contributed by atoms with van der Waals surface area (Å²) in [5, 5.41) is 9.06. The number of carbonyl (C=O) groups is 1. The number of carboxylic acids is 1.